The van der Waals surface area contributed by atoms with Crippen molar-refractivity contribution in [1.82, 2.24) is 9.80 Å². The SMILES string of the molecule is CC(=O)N1CCOCC2(CC(=O)N2Cc2ccc(C)cc2)C1. The van der Waals surface area contributed by atoms with Gasteiger partial charge in [-0.05, 0) is 12.5 Å². The van der Waals surface area contributed by atoms with Gasteiger partial charge >= 0.3 is 0 Å². The van der Waals surface area contributed by atoms with Crippen LogP contribution in [0.15, 0.2) is 24.3 Å². The van der Waals surface area contributed by atoms with Crippen LogP contribution in [-0.2, 0) is 20.9 Å². The molecule has 118 valence electrons. The second kappa shape index (κ2) is 5.72. The lowest BCUT2D eigenvalue weighted by molar-refractivity contribution is -0.166. The van der Waals surface area contributed by atoms with Gasteiger partial charge in [0.05, 0.1) is 25.2 Å². The third-order valence-electron chi connectivity index (χ3n) is 4.62. The van der Waals surface area contributed by atoms with Crippen molar-refractivity contribution >= 4 is 11.8 Å². The summed E-state index contributed by atoms with van der Waals surface area (Å²) in [6.45, 7) is 6.41. The summed E-state index contributed by atoms with van der Waals surface area (Å²) in [5, 5.41) is 0. The normalized spacial score (nSPS) is 25.1. The van der Waals surface area contributed by atoms with Crippen LogP contribution < -0.4 is 0 Å². The predicted octanol–water partition coefficient (Wildman–Crippen LogP) is 1.34. The summed E-state index contributed by atoms with van der Waals surface area (Å²) < 4.78 is 5.68. The first-order chi connectivity index (χ1) is 10.5. The van der Waals surface area contributed by atoms with Crippen molar-refractivity contribution in [1.29, 1.82) is 0 Å². The van der Waals surface area contributed by atoms with Gasteiger partial charge in [-0.2, -0.15) is 0 Å². The minimum absolute atomic E-state index is 0.0412. The molecule has 22 heavy (non-hydrogen) atoms. The first-order valence-corrected chi connectivity index (χ1v) is 7.69. The van der Waals surface area contributed by atoms with Gasteiger partial charge in [-0.3, -0.25) is 9.59 Å². The molecule has 0 saturated carbocycles. The Morgan fingerprint density at radius 1 is 1.32 bits per heavy atom. The number of benzene rings is 1. The Bertz CT molecular complexity index is 584. The zero-order valence-corrected chi connectivity index (χ0v) is 13.2. The average Bonchev–Trinajstić information content (AvgIpc) is 2.71. The molecule has 0 aromatic heterocycles. The summed E-state index contributed by atoms with van der Waals surface area (Å²) in [5.74, 6) is 0.175. The molecule has 2 aliphatic rings. The van der Waals surface area contributed by atoms with Gasteiger partial charge in [-0.15, -0.1) is 0 Å². The summed E-state index contributed by atoms with van der Waals surface area (Å²) in [5.41, 5.74) is 1.95. The molecule has 1 spiro atoms. The first-order valence-electron chi connectivity index (χ1n) is 7.69. The van der Waals surface area contributed by atoms with Crippen molar-refractivity contribution < 1.29 is 14.3 Å². The molecule has 2 heterocycles. The van der Waals surface area contributed by atoms with E-state index >= 15 is 0 Å². The minimum atomic E-state index is -0.357. The molecule has 1 aromatic carbocycles. The maximum Gasteiger partial charge on any atom is 0.226 e. The van der Waals surface area contributed by atoms with Crippen molar-refractivity contribution in [2.24, 2.45) is 0 Å². The number of hydrogen-bond donors (Lipinski definition) is 0. The van der Waals surface area contributed by atoms with E-state index in [-0.39, 0.29) is 17.4 Å². The Kier molecular flexibility index (Phi) is 3.91. The molecule has 2 aliphatic heterocycles. The summed E-state index contributed by atoms with van der Waals surface area (Å²) in [6.07, 6.45) is 0.461. The van der Waals surface area contributed by atoms with Crippen molar-refractivity contribution in [3.8, 4) is 0 Å². The number of aryl methyl sites for hydroxylation is 1. The van der Waals surface area contributed by atoms with Gasteiger partial charge in [-0.25, -0.2) is 0 Å². The third-order valence-corrected chi connectivity index (χ3v) is 4.62. The van der Waals surface area contributed by atoms with E-state index in [9.17, 15) is 9.59 Å². The maximum absolute atomic E-state index is 12.1. The number of rotatable bonds is 2. The molecule has 0 N–H and O–H groups in total. The van der Waals surface area contributed by atoms with E-state index in [0.29, 0.717) is 39.3 Å². The second-order valence-corrected chi connectivity index (χ2v) is 6.36. The van der Waals surface area contributed by atoms with Crippen LogP contribution in [0.2, 0.25) is 0 Å². The molecule has 0 bridgehead atoms. The number of carbonyl (C=O) groups is 2. The smallest absolute Gasteiger partial charge is 0.226 e. The van der Waals surface area contributed by atoms with Gasteiger partial charge in [0.2, 0.25) is 11.8 Å². The Morgan fingerprint density at radius 2 is 2.05 bits per heavy atom. The lowest BCUT2D eigenvalue weighted by Gasteiger charge is -2.52. The van der Waals surface area contributed by atoms with Crippen LogP contribution in [0.5, 0.6) is 0 Å². The van der Waals surface area contributed by atoms with E-state index in [1.165, 1.54) is 5.56 Å². The van der Waals surface area contributed by atoms with Gasteiger partial charge in [0.15, 0.2) is 0 Å². The fourth-order valence-electron chi connectivity index (χ4n) is 3.23. The highest BCUT2D eigenvalue weighted by Crippen LogP contribution is 2.36. The number of nitrogens with zero attached hydrogens (tertiary/aromatic N) is 2. The van der Waals surface area contributed by atoms with E-state index in [1.807, 2.05) is 11.8 Å². The van der Waals surface area contributed by atoms with Gasteiger partial charge in [0, 0.05) is 26.6 Å². The fraction of sp³-hybridized carbons (Fsp3) is 0.529. The van der Waals surface area contributed by atoms with Crippen LogP contribution >= 0.6 is 0 Å². The molecular formula is C17H22N2O3. The monoisotopic (exact) mass is 302 g/mol. The minimum Gasteiger partial charge on any atom is -0.377 e. The standard InChI is InChI=1S/C17H22N2O3/c1-13-3-5-15(6-4-13)10-19-16(21)9-17(19)11-18(14(2)20)7-8-22-12-17/h3-6H,7-12H2,1-2H3. The molecule has 3 rings (SSSR count). The largest absolute Gasteiger partial charge is 0.377 e. The molecule has 2 saturated heterocycles. The van der Waals surface area contributed by atoms with Crippen LogP contribution in [-0.4, -0.2) is 53.5 Å². The summed E-state index contributed by atoms with van der Waals surface area (Å²) in [6, 6.07) is 8.21. The molecular weight excluding hydrogens is 280 g/mol. The molecule has 1 aromatic rings. The number of ether oxygens (including phenoxy) is 1. The lowest BCUT2D eigenvalue weighted by atomic mass is 9.83. The van der Waals surface area contributed by atoms with Crippen LogP contribution in [0, 0.1) is 6.92 Å². The average molecular weight is 302 g/mol. The molecule has 5 nitrogen and oxygen atoms in total. The lowest BCUT2D eigenvalue weighted by Crippen LogP contribution is -2.69. The Labute approximate surface area is 130 Å². The highest BCUT2D eigenvalue weighted by Gasteiger charge is 2.52. The molecule has 1 unspecified atom stereocenters. The molecule has 0 aliphatic carbocycles. The Morgan fingerprint density at radius 3 is 2.68 bits per heavy atom. The predicted molar refractivity (Wildman–Crippen MR) is 82.2 cm³/mol. The Balaban J connectivity index is 1.78. The van der Waals surface area contributed by atoms with E-state index < -0.39 is 0 Å². The van der Waals surface area contributed by atoms with E-state index in [4.69, 9.17) is 4.74 Å². The van der Waals surface area contributed by atoms with E-state index in [0.717, 1.165) is 5.56 Å². The topological polar surface area (TPSA) is 49.9 Å². The number of carbonyl (C=O) groups excluding carboxylic acids is 2. The van der Waals surface area contributed by atoms with Crippen LogP contribution in [0.25, 0.3) is 0 Å². The van der Waals surface area contributed by atoms with Crippen LogP contribution in [0.1, 0.15) is 24.5 Å². The quantitative estimate of drug-likeness (QED) is 0.775. The molecule has 2 fully saturated rings. The van der Waals surface area contributed by atoms with Crippen LogP contribution in [0.4, 0.5) is 0 Å². The Hall–Kier alpha value is -1.88. The zero-order valence-electron chi connectivity index (χ0n) is 13.2. The van der Waals surface area contributed by atoms with Gasteiger partial charge < -0.3 is 14.5 Å². The number of hydrogen-bond acceptors (Lipinski definition) is 3. The van der Waals surface area contributed by atoms with E-state index in [1.54, 1.807) is 11.8 Å². The number of likely N-dealkylation sites (tertiary alicyclic amines) is 1. The van der Waals surface area contributed by atoms with Gasteiger partial charge in [-0.1, -0.05) is 29.8 Å². The van der Waals surface area contributed by atoms with Gasteiger partial charge in [0.1, 0.15) is 0 Å². The highest BCUT2D eigenvalue weighted by atomic mass is 16.5. The van der Waals surface area contributed by atoms with Crippen molar-refractivity contribution in [2.75, 3.05) is 26.3 Å². The molecule has 5 heteroatoms. The molecule has 0 radical (unpaired) electrons. The summed E-state index contributed by atoms with van der Waals surface area (Å²) in [4.78, 5) is 27.5. The fourth-order valence-corrected chi connectivity index (χ4v) is 3.23. The zero-order chi connectivity index (χ0) is 15.7. The van der Waals surface area contributed by atoms with Crippen molar-refractivity contribution in [3.05, 3.63) is 35.4 Å². The molecule has 2 amide bonds. The first kappa shape index (κ1) is 15.0. The third kappa shape index (κ3) is 2.73. The second-order valence-electron chi connectivity index (χ2n) is 6.36. The highest BCUT2D eigenvalue weighted by molar-refractivity contribution is 5.85. The van der Waals surface area contributed by atoms with E-state index in [2.05, 4.69) is 24.3 Å². The summed E-state index contributed by atoms with van der Waals surface area (Å²) in [7, 11) is 0. The van der Waals surface area contributed by atoms with Crippen LogP contribution in [0.3, 0.4) is 0 Å². The van der Waals surface area contributed by atoms with Gasteiger partial charge in [0.25, 0.3) is 0 Å². The number of β-lactam (4-membered cyclic amide) rings is 1. The number of amides is 2. The maximum atomic E-state index is 12.1. The summed E-state index contributed by atoms with van der Waals surface area (Å²) >= 11 is 0. The van der Waals surface area contributed by atoms with Crippen molar-refractivity contribution in [2.45, 2.75) is 32.4 Å². The molecule has 1 atom stereocenters. The van der Waals surface area contributed by atoms with Crippen molar-refractivity contribution in [3.63, 3.8) is 0 Å².